The fourth-order valence-electron chi connectivity index (χ4n) is 7.96. The summed E-state index contributed by atoms with van der Waals surface area (Å²) in [5, 5.41) is 21.1. The molecule has 0 aromatic heterocycles. The van der Waals surface area contributed by atoms with Gasteiger partial charge in [0.15, 0.2) is 11.4 Å². The van der Waals surface area contributed by atoms with Crippen LogP contribution in [0.15, 0.2) is 23.6 Å². The van der Waals surface area contributed by atoms with E-state index in [1.165, 1.54) is 13.0 Å². The lowest BCUT2D eigenvalue weighted by molar-refractivity contribution is -0.205. The predicted molar refractivity (Wildman–Crippen MR) is 109 cm³/mol. The average Bonchev–Trinajstić information content (AvgIpc) is 2.91. The SMILES string of the molecule is CC(=O)O[C@@]1(C(=O)CO)[C@H](C)C[C@H]2[C@@H]3C[C@H](F)C4=C(F)C(=O)C=C[C@]4(C)[C@H]3[C@@H](O)C[C@@]21C. The number of esters is 1. The van der Waals surface area contributed by atoms with Gasteiger partial charge >= 0.3 is 5.97 Å². The van der Waals surface area contributed by atoms with Gasteiger partial charge in [0.2, 0.25) is 11.6 Å². The highest BCUT2D eigenvalue weighted by Crippen LogP contribution is 2.69. The molecule has 0 unspecified atom stereocenters. The minimum absolute atomic E-state index is 0.0609. The highest BCUT2D eigenvalue weighted by Gasteiger charge is 2.73. The molecule has 0 spiro atoms. The highest BCUT2D eigenvalue weighted by molar-refractivity contribution is 6.04. The van der Waals surface area contributed by atoms with Crippen LogP contribution in [-0.4, -0.2) is 52.2 Å². The monoisotopic (exact) mass is 452 g/mol. The van der Waals surface area contributed by atoms with Crippen molar-refractivity contribution in [3.8, 4) is 0 Å². The molecule has 3 fully saturated rings. The van der Waals surface area contributed by atoms with Crippen molar-refractivity contribution in [1.29, 1.82) is 0 Å². The van der Waals surface area contributed by atoms with Crippen molar-refractivity contribution in [1.82, 2.24) is 0 Å². The molecule has 176 valence electrons. The van der Waals surface area contributed by atoms with Crippen molar-refractivity contribution >= 4 is 17.5 Å². The Labute approximate surface area is 185 Å². The molecule has 0 aliphatic heterocycles. The predicted octanol–water partition coefficient (Wildman–Crippen LogP) is 2.62. The summed E-state index contributed by atoms with van der Waals surface area (Å²) in [4.78, 5) is 37.0. The van der Waals surface area contributed by atoms with Gasteiger partial charge in [-0.25, -0.2) is 8.78 Å². The number of halogens is 2. The first-order valence-electron chi connectivity index (χ1n) is 11.1. The third kappa shape index (κ3) is 2.71. The summed E-state index contributed by atoms with van der Waals surface area (Å²) >= 11 is 0. The van der Waals surface area contributed by atoms with Crippen molar-refractivity contribution in [2.75, 3.05) is 6.61 Å². The molecule has 9 atom stereocenters. The van der Waals surface area contributed by atoms with E-state index < -0.39 is 76.4 Å². The summed E-state index contributed by atoms with van der Waals surface area (Å²) in [6.07, 6.45) is 0.215. The Morgan fingerprint density at radius 1 is 1.28 bits per heavy atom. The van der Waals surface area contributed by atoms with E-state index in [0.717, 1.165) is 6.08 Å². The first-order chi connectivity index (χ1) is 14.8. The molecule has 0 heterocycles. The van der Waals surface area contributed by atoms with Gasteiger partial charge in [0.05, 0.1) is 6.10 Å². The maximum absolute atomic E-state index is 15.4. The van der Waals surface area contributed by atoms with Gasteiger partial charge in [-0.2, -0.15) is 0 Å². The first kappa shape index (κ1) is 23.2. The number of ether oxygens (including phenoxy) is 1. The molecule has 0 radical (unpaired) electrons. The maximum Gasteiger partial charge on any atom is 0.303 e. The molecule has 0 aromatic carbocycles. The fraction of sp³-hybridized carbons (Fsp3) is 0.708. The van der Waals surface area contributed by atoms with Crippen molar-refractivity contribution in [3.63, 3.8) is 0 Å². The van der Waals surface area contributed by atoms with Crippen LogP contribution < -0.4 is 0 Å². The number of Topliss-reactive ketones (excluding diaryl/α,β-unsaturated/α-hetero) is 1. The van der Waals surface area contributed by atoms with Gasteiger partial charge in [-0.05, 0) is 37.2 Å². The number of hydrogen-bond acceptors (Lipinski definition) is 6. The van der Waals surface area contributed by atoms with Crippen LogP contribution in [0, 0.1) is 34.5 Å². The normalized spacial score (nSPS) is 47.6. The van der Waals surface area contributed by atoms with E-state index in [4.69, 9.17) is 4.74 Å². The molecule has 0 saturated heterocycles. The molecule has 4 aliphatic carbocycles. The number of aliphatic hydroxyl groups is 2. The van der Waals surface area contributed by atoms with Gasteiger partial charge in [0.1, 0.15) is 12.8 Å². The standard InChI is InChI=1S/C24H30F2O6/c1-11-7-14-13-8-15(25)20-21(26)16(29)5-6-22(20,3)19(13)17(30)9-23(14,4)24(11,18(31)10-27)32-12(2)28/h5-6,11,13-15,17,19,27,30H,7-10H2,1-4H3/t11-,13+,14+,15+,17+,19-,22-,23+,24-/m1/s1. The molecular weight excluding hydrogens is 422 g/mol. The Balaban J connectivity index is 1.86. The zero-order valence-corrected chi connectivity index (χ0v) is 18.7. The zero-order valence-electron chi connectivity index (χ0n) is 18.7. The van der Waals surface area contributed by atoms with E-state index in [-0.39, 0.29) is 24.3 Å². The molecule has 0 aromatic rings. The first-order valence-corrected chi connectivity index (χ1v) is 11.1. The van der Waals surface area contributed by atoms with E-state index in [1.807, 2.05) is 0 Å². The largest absolute Gasteiger partial charge is 0.450 e. The lowest BCUT2D eigenvalue weighted by atomic mass is 9.45. The summed E-state index contributed by atoms with van der Waals surface area (Å²) < 4.78 is 35.9. The summed E-state index contributed by atoms with van der Waals surface area (Å²) in [6, 6.07) is 0. The van der Waals surface area contributed by atoms with Crippen LogP contribution >= 0.6 is 0 Å². The van der Waals surface area contributed by atoms with Crippen LogP contribution in [0.5, 0.6) is 0 Å². The van der Waals surface area contributed by atoms with E-state index >= 15 is 4.39 Å². The molecule has 2 N–H and O–H groups in total. The van der Waals surface area contributed by atoms with Gasteiger partial charge in [0, 0.05) is 35.2 Å². The number of ketones is 2. The summed E-state index contributed by atoms with van der Waals surface area (Å²) in [5.74, 6) is -5.05. The van der Waals surface area contributed by atoms with Gasteiger partial charge in [-0.15, -0.1) is 0 Å². The number of carbonyl (C=O) groups is 3. The van der Waals surface area contributed by atoms with Crippen molar-refractivity contribution < 1.29 is 38.1 Å². The molecule has 0 bridgehead atoms. The highest BCUT2D eigenvalue weighted by atomic mass is 19.1. The minimum Gasteiger partial charge on any atom is -0.450 e. The van der Waals surface area contributed by atoms with Gasteiger partial charge in [-0.3, -0.25) is 14.4 Å². The van der Waals surface area contributed by atoms with Crippen LogP contribution in [-0.2, 0) is 19.1 Å². The molecule has 0 amide bonds. The Kier molecular flexibility index (Phi) is 5.29. The number of allylic oxidation sites excluding steroid dienone is 4. The molecule has 8 heteroatoms. The smallest absolute Gasteiger partial charge is 0.303 e. The van der Waals surface area contributed by atoms with Gasteiger partial charge in [-0.1, -0.05) is 26.8 Å². The fourth-order valence-corrected chi connectivity index (χ4v) is 7.96. The second-order valence-corrected chi connectivity index (χ2v) is 10.4. The molecule has 3 saturated carbocycles. The lowest BCUT2D eigenvalue weighted by Crippen LogP contribution is -2.64. The van der Waals surface area contributed by atoms with Crippen LogP contribution in [0.2, 0.25) is 0 Å². The molecule has 6 nitrogen and oxygen atoms in total. The van der Waals surface area contributed by atoms with Gasteiger partial charge in [0.25, 0.3) is 0 Å². The van der Waals surface area contributed by atoms with Crippen LogP contribution in [0.1, 0.15) is 47.0 Å². The molecule has 4 aliphatic rings. The summed E-state index contributed by atoms with van der Waals surface area (Å²) in [6.45, 7) is 5.55. The number of carbonyl (C=O) groups excluding carboxylic acids is 3. The number of fused-ring (bicyclic) bond motifs is 5. The summed E-state index contributed by atoms with van der Waals surface area (Å²) in [5.41, 5.74) is -4.07. The van der Waals surface area contributed by atoms with Crippen LogP contribution in [0.4, 0.5) is 8.78 Å². The lowest BCUT2D eigenvalue weighted by Gasteiger charge is -2.60. The zero-order chi connectivity index (χ0) is 23.8. The van der Waals surface area contributed by atoms with E-state index in [2.05, 4.69) is 0 Å². The third-order valence-electron chi connectivity index (χ3n) is 8.96. The second-order valence-electron chi connectivity index (χ2n) is 10.4. The minimum atomic E-state index is -1.71. The second kappa shape index (κ2) is 7.29. The van der Waals surface area contributed by atoms with Gasteiger partial charge < -0.3 is 14.9 Å². The Bertz CT molecular complexity index is 943. The van der Waals surface area contributed by atoms with Crippen molar-refractivity contribution in [2.24, 2.45) is 34.5 Å². The maximum atomic E-state index is 15.4. The van der Waals surface area contributed by atoms with E-state index in [0.29, 0.717) is 6.42 Å². The van der Waals surface area contributed by atoms with Crippen molar-refractivity contribution in [3.05, 3.63) is 23.6 Å². The molecular formula is C24H30F2O6. The number of aliphatic hydroxyl groups excluding tert-OH is 2. The van der Waals surface area contributed by atoms with E-state index in [9.17, 15) is 29.0 Å². The third-order valence-corrected chi connectivity index (χ3v) is 8.96. The Hall–Kier alpha value is -1.93. The number of hydrogen-bond donors (Lipinski definition) is 2. The summed E-state index contributed by atoms with van der Waals surface area (Å²) in [7, 11) is 0. The van der Waals surface area contributed by atoms with E-state index in [1.54, 1.807) is 20.8 Å². The van der Waals surface area contributed by atoms with Crippen LogP contribution in [0.25, 0.3) is 0 Å². The topological polar surface area (TPSA) is 101 Å². The Morgan fingerprint density at radius 3 is 2.53 bits per heavy atom. The quantitative estimate of drug-likeness (QED) is 0.639. The average molecular weight is 452 g/mol. The molecule has 32 heavy (non-hydrogen) atoms. The van der Waals surface area contributed by atoms with Crippen molar-refractivity contribution in [2.45, 2.75) is 64.8 Å². The number of alkyl halides is 1. The Morgan fingerprint density at radius 2 is 1.94 bits per heavy atom. The number of rotatable bonds is 3. The van der Waals surface area contributed by atoms with Crippen LogP contribution in [0.3, 0.4) is 0 Å². The molecule has 4 rings (SSSR count).